The lowest BCUT2D eigenvalue weighted by Crippen LogP contribution is -2.24. The molecule has 0 saturated carbocycles. The second-order valence-electron chi connectivity index (χ2n) is 8.88. The largest absolute Gasteiger partial charge is 0.351 e. The smallest absolute Gasteiger partial charge is 0.230 e. The van der Waals surface area contributed by atoms with Crippen molar-refractivity contribution in [1.82, 2.24) is 34.4 Å². The first-order chi connectivity index (χ1) is 18.6. The number of amides is 1. The minimum absolute atomic E-state index is 0.110. The van der Waals surface area contributed by atoms with Crippen molar-refractivity contribution in [3.63, 3.8) is 0 Å². The average Bonchev–Trinajstić information content (AvgIpc) is 3.50. The minimum Gasteiger partial charge on any atom is -0.351 e. The SMILES string of the molecule is Cc1nc2ccccc2n1CCc1nc2c3ccccc3nc(SCC(=O)NCc3ccccc3Cl)n2n1. The molecule has 1 amide bonds. The van der Waals surface area contributed by atoms with Crippen LogP contribution in [-0.2, 0) is 24.3 Å². The van der Waals surface area contributed by atoms with E-state index in [2.05, 4.69) is 20.9 Å². The van der Waals surface area contributed by atoms with E-state index in [0.717, 1.165) is 39.0 Å². The summed E-state index contributed by atoms with van der Waals surface area (Å²) in [4.78, 5) is 26.9. The predicted octanol–water partition coefficient (Wildman–Crippen LogP) is 5.24. The molecule has 0 aliphatic rings. The van der Waals surface area contributed by atoms with Gasteiger partial charge in [-0.3, -0.25) is 4.79 Å². The summed E-state index contributed by atoms with van der Waals surface area (Å²) in [5.41, 5.74) is 4.50. The molecule has 6 aromatic rings. The van der Waals surface area contributed by atoms with Gasteiger partial charge < -0.3 is 9.88 Å². The van der Waals surface area contributed by atoms with Crippen LogP contribution in [-0.4, -0.2) is 40.8 Å². The summed E-state index contributed by atoms with van der Waals surface area (Å²) in [6.07, 6.45) is 0.639. The van der Waals surface area contributed by atoms with Crippen molar-refractivity contribution in [2.45, 2.75) is 31.6 Å². The van der Waals surface area contributed by atoms with Crippen LogP contribution in [0, 0.1) is 6.92 Å². The van der Waals surface area contributed by atoms with Crippen LogP contribution in [0.5, 0.6) is 0 Å². The highest BCUT2D eigenvalue weighted by atomic mass is 35.5. The summed E-state index contributed by atoms with van der Waals surface area (Å²) < 4.78 is 3.94. The molecular formula is C28H24ClN7OS. The zero-order chi connectivity index (χ0) is 26.1. The van der Waals surface area contributed by atoms with Gasteiger partial charge in [-0.05, 0) is 42.8 Å². The third-order valence-corrected chi connectivity index (χ3v) is 7.66. The van der Waals surface area contributed by atoms with Crippen LogP contribution in [0.25, 0.3) is 27.6 Å². The first-order valence-corrected chi connectivity index (χ1v) is 13.6. The zero-order valence-corrected chi connectivity index (χ0v) is 22.2. The number of halogens is 1. The number of carbonyl (C=O) groups excluding carboxylic acids is 1. The predicted molar refractivity (Wildman–Crippen MR) is 150 cm³/mol. The minimum atomic E-state index is -0.110. The monoisotopic (exact) mass is 541 g/mol. The van der Waals surface area contributed by atoms with E-state index >= 15 is 0 Å². The Bertz CT molecular complexity index is 1800. The fourth-order valence-electron chi connectivity index (χ4n) is 4.48. The van der Waals surface area contributed by atoms with Crippen molar-refractivity contribution in [3.8, 4) is 0 Å². The van der Waals surface area contributed by atoms with Crippen LogP contribution in [0.4, 0.5) is 0 Å². The van der Waals surface area contributed by atoms with Gasteiger partial charge in [0.2, 0.25) is 5.91 Å². The van der Waals surface area contributed by atoms with Gasteiger partial charge in [-0.15, -0.1) is 5.10 Å². The fourth-order valence-corrected chi connectivity index (χ4v) is 5.46. The van der Waals surface area contributed by atoms with Crippen molar-refractivity contribution < 1.29 is 4.79 Å². The zero-order valence-electron chi connectivity index (χ0n) is 20.6. The number of benzene rings is 3. The summed E-state index contributed by atoms with van der Waals surface area (Å²) in [6.45, 7) is 3.09. The van der Waals surface area contributed by atoms with Gasteiger partial charge in [0.25, 0.3) is 0 Å². The van der Waals surface area contributed by atoms with Crippen molar-refractivity contribution in [1.29, 1.82) is 0 Å². The lowest BCUT2D eigenvalue weighted by atomic mass is 10.2. The van der Waals surface area contributed by atoms with Crippen molar-refractivity contribution >= 4 is 56.9 Å². The number of fused-ring (bicyclic) bond motifs is 4. The number of thioether (sulfide) groups is 1. The number of carbonyl (C=O) groups is 1. The first kappa shape index (κ1) is 24.4. The van der Waals surface area contributed by atoms with Crippen LogP contribution in [0.3, 0.4) is 0 Å². The van der Waals surface area contributed by atoms with E-state index in [-0.39, 0.29) is 11.7 Å². The summed E-state index contributed by atoms with van der Waals surface area (Å²) >= 11 is 7.54. The molecule has 0 radical (unpaired) electrons. The molecule has 38 heavy (non-hydrogen) atoms. The standard InChI is InChI=1S/C28H24ClN7OS/c1-18-31-23-12-6-7-13-24(23)35(18)15-14-25-33-27-20-9-3-5-11-22(20)32-28(36(27)34-25)38-17-26(37)30-16-19-8-2-4-10-21(19)29/h2-13H,14-17H2,1H3,(H,30,37). The lowest BCUT2D eigenvalue weighted by molar-refractivity contribution is -0.118. The number of hydrogen-bond donors (Lipinski definition) is 1. The number of nitrogens with zero attached hydrogens (tertiary/aromatic N) is 6. The Morgan fingerprint density at radius 2 is 1.71 bits per heavy atom. The van der Waals surface area contributed by atoms with E-state index < -0.39 is 0 Å². The molecule has 1 N–H and O–H groups in total. The summed E-state index contributed by atoms with van der Waals surface area (Å²) in [7, 11) is 0. The molecule has 3 aromatic heterocycles. The number of aryl methyl sites for hydroxylation is 3. The Kier molecular flexibility index (Phi) is 6.70. The molecule has 3 aromatic carbocycles. The maximum atomic E-state index is 12.6. The van der Waals surface area contributed by atoms with Gasteiger partial charge >= 0.3 is 0 Å². The van der Waals surface area contributed by atoms with E-state index in [4.69, 9.17) is 26.7 Å². The molecule has 0 fully saturated rings. The van der Waals surface area contributed by atoms with Gasteiger partial charge in [0.1, 0.15) is 5.82 Å². The molecule has 10 heteroatoms. The Hall–Kier alpha value is -3.95. The highest BCUT2D eigenvalue weighted by Gasteiger charge is 2.16. The highest BCUT2D eigenvalue weighted by Crippen LogP contribution is 2.24. The number of hydrogen-bond acceptors (Lipinski definition) is 6. The van der Waals surface area contributed by atoms with E-state index in [1.807, 2.05) is 73.7 Å². The van der Waals surface area contributed by atoms with Gasteiger partial charge in [0.15, 0.2) is 16.6 Å². The summed E-state index contributed by atoms with van der Waals surface area (Å²) in [6, 6.07) is 23.5. The molecule has 0 aliphatic carbocycles. The molecule has 0 spiro atoms. The maximum Gasteiger partial charge on any atom is 0.230 e. The molecule has 0 bridgehead atoms. The van der Waals surface area contributed by atoms with E-state index in [1.54, 1.807) is 4.52 Å². The number of nitrogens with one attached hydrogen (secondary N) is 1. The highest BCUT2D eigenvalue weighted by molar-refractivity contribution is 7.99. The van der Waals surface area contributed by atoms with Crippen LogP contribution in [0.1, 0.15) is 17.2 Å². The van der Waals surface area contributed by atoms with E-state index in [0.29, 0.717) is 35.5 Å². The quantitative estimate of drug-likeness (QED) is 0.209. The first-order valence-electron chi connectivity index (χ1n) is 12.3. The van der Waals surface area contributed by atoms with Crippen LogP contribution in [0.2, 0.25) is 5.02 Å². The molecule has 8 nitrogen and oxygen atoms in total. The van der Waals surface area contributed by atoms with E-state index in [9.17, 15) is 4.79 Å². The Morgan fingerprint density at radius 3 is 2.58 bits per heavy atom. The topological polar surface area (TPSA) is 90.0 Å². The molecule has 190 valence electrons. The Morgan fingerprint density at radius 1 is 0.947 bits per heavy atom. The fraction of sp³-hybridized carbons (Fsp3) is 0.179. The van der Waals surface area contributed by atoms with Gasteiger partial charge in [-0.1, -0.05) is 65.8 Å². The molecule has 3 heterocycles. The normalized spacial score (nSPS) is 11.5. The Labute approximate surface area is 228 Å². The van der Waals surface area contributed by atoms with Gasteiger partial charge in [0.05, 0.1) is 22.3 Å². The van der Waals surface area contributed by atoms with Crippen molar-refractivity contribution in [3.05, 3.63) is 95.0 Å². The third-order valence-electron chi connectivity index (χ3n) is 6.36. The second-order valence-corrected chi connectivity index (χ2v) is 10.2. The molecule has 0 atom stereocenters. The van der Waals surface area contributed by atoms with Crippen LogP contribution >= 0.6 is 23.4 Å². The average molecular weight is 542 g/mol. The number of aromatic nitrogens is 6. The summed E-state index contributed by atoms with van der Waals surface area (Å²) in [5.74, 6) is 1.76. The van der Waals surface area contributed by atoms with Crippen molar-refractivity contribution in [2.75, 3.05) is 5.75 Å². The van der Waals surface area contributed by atoms with Crippen molar-refractivity contribution in [2.24, 2.45) is 0 Å². The second kappa shape index (κ2) is 10.4. The number of imidazole rings is 1. The third kappa shape index (κ3) is 4.82. The molecule has 0 saturated heterocycles. The number of rotatable bonds is 8. The molecule has 0 aliphatic heterocycles. The van der Waals surface area contributed by atoms with Gasteiger partial charge in [-0.25, -0.2) is 15.0 Å². The number of para-hydroxylation sites is 3. The summed E-state index contributed by atoms with van der Waals surface area (Å²) in [5, 5.41) is 9.90. The Balaban J connectivity index is 1.23. The molecule has 0 unspecified atom stereocenters. The van der Waals surface area contributed by atoms with E-state index in [1.165, 1.54) is 11.8 Å². The maximum absolute atomic E-state index is 12.6. The lowest BCUT2D eigenvalue weighted by Gasteiger charge is -2.08. The van der Waals surface area contributed by atoms with Crippen LogP contribution < -0.4 is 5.32 Å². The van der Waals surface area contributed by atoms with Gasteiger partial charge in [0, 0.05) is 29.9 Å². The van der Waals surface area contributed by atoms with Crippen LogP contribution in [0.15, 0.2) is 78.0 Å². The van der Waals surface area contributed by atoms with Gasteiger partial charge in [-0.2, -0.15) is 4.52 Å². The molecular weight excluding hydrogens is 518 g/mol. The molecule has 6 rings (SSSR count).